The van der Waals surface area contributed by atoms with Gasteiger partial charge in [0.2, 0.25) is 0 Å². The lowest BCUT2D eigenvalue weighted by Gasteiger charge is -2.18. The van der Waals surface area contributed by atoms with E-state index >= 15 is 0 Å². The second-order valence-electron chi connectivity index (χ2n) is 3.30. The number of rotatable bonds is 2. The Bertz CT molecular complexity index is 172. The van der Waals surface area contributed by atoms with E-state index in [-0.39, 0.29) is 5.92 Å². The molecule has 11 heavy (non-hydrogen) atoms. The van der Waals surface area contributed by atoms with Gasteiger partial charge in [-0.1, -0.05) is 19.1 Å². The van der Waals surface area contributed by atoms with Gasteiger partial charge < -0.3 is 5.11 Å². The zero-order valence-electron chi connectivity index (χ0n) is 6.79. The monoisotopic (exact) mass is 154 g/mol. The molecule has 0 aromatic carbocycles. The van der Waals surface area contributed by atoms with Gasteiger partial charge in [-0.3, -0.25) is 4.79 Å². The van der Waals surface area contributed by atoms with Crippen LogP contribution in [0.15, 0.2) is 12.2 Å². The molecule has 0 radical (unpaired) electrons. The molecule has 2 unspecified atom stereocenters. The first-order valence-corrected chi connectivity index (χ1v) is 4.08. The van der Waals surface area contributed by atoms with E-state index in [1.165, 1.54) is 0 Å². The average Bonchev–Trinajstić information content (AvgIpc) is 1.93. The molecule has 1 N–H and O–H groups in total. The van der Waals surface area contributed by atoms with Crippen LogP contribution in [-0.2, 0) is 4.79 Å². The molecule has 0 heterocycles. The fourth-order valence-electron chi connectivity index (χ4n) is 1.41. The Balaban J connectivity index is 2.38. The van der Waals surface area contributed by atoms with E-state index in [2.05, 4.69) is 13.0 Å². The maximum absolute atomic E-state index is 10.3. The average molecular weight is 154 g/mol. The summed E-state index contributed by atoms with van der Waals surface area (Å²) >= 11 is 0. The first kappa shape index (κ1) is 8.31. The molecular formula is C9H14O2. The molecule has 62 valence electrons. The summed E-state index contributed by atoms with van der Waals surface area (Å²) in [4.78, 5) is 10.3. The van der Waals surface area contributed by atoms with Crippen LogP contribution in [0.1, 0.15) is 26.2 Å². The normalized spacial score (nSPS) is 30.3. The van der Waals surface area contributed by atoms with E-state index in [0.29, 0.717) is 12.3 Å². The second kappa shape index (κ2) is 3.56. The molecule has 2 atom stereocenters. The molecule has 1 aliphatic carbocycles. The summed E-state index contributed by atoms with van der Waals surface area (Å²) in [5.74, 6) is 0.234. The highest BCUT2D eigenvalue weighted by Gasteiger charge is 2.14. The van der Waals surface area contributed by atoms with Crippen LogP contribution in [0.2, 0.25) is 0 Å². The third kappa shape index (κ3) is 2.74. The van der Waals surface area contributed by atoms with E-state index in [1.54, 1.807) is 0 Å². The molecule has 0 aromatic rings. The minimum absolute atomic E-state index is 0.281. The first-order valence-electron chi connectivity index (χ1n) is 4.08. The SMILES string of the molecule is CC1C=CC(CC(=O)O)CC1. The lowest BCUT2D eigenvalue weighted by atomic mass is 9.88. The van der Waals surface area contributed by atoms with Crippen LogP contribution in [0.25, 0.3) is 0 Å². The van der Waals surface area contributed by atoms with Crippen LogP contribution in [0.5, 0.6) is 0 Å². The topological polar surface area (TPSA) is 37.3 Å². The Kier molecular flexibility index (Phi) is 2.69. The summed E-state index contributed by atoms with van der Waals surface area (Å²) in [5.41, 5.74) is 0. The Morgan fingerprint density at radius 3 is 2.73 bits per heavy atom. The van der Waals surface area contributed by atoms with Crippen molar-refractivity contribution < 1.29 is 9.90 Å². The van der Waals surface area contributed by atoms with E-state index < -0.39 is 5.97 Å². The minimum atomic E-state index is -0.686. The van der Waals surface area contributed by atoms with Crippen molar-refractivity contribution in [1.82, 2.24) is 0 Å². The number of aliphatic carboxylic acids is 1. The van der Waals surface area contributed by atoms with Crippen molar-refractivity contribution in [2.45, 2.75) is 26.2 Å². The van der Waals surface area contributed by atoms with Gasteiger partial charge in [0, 0.05) is 0 Å². The lowest BCUT2D eigenvalue weighted by molar-refractivity contribution is -0.137. The fraction of sp³-hybridized carbons (Fsp3) is 0.667. The molecule has 2 heteroatoms. The van der Waals surface area contributed by atoms with Gasteiger partial charge >= 0.3 is 5.97 Å². The van der Waals surface area contributed by atoms with Crippen molar-refractivity contribution in [3.05, 3.63) is 12.2 Å². The van der Waals surface area contributed by atoms with Crippen molar-refractivity contribution in [1.29, 1.82) is 0 Å². The summed E-state index contributed by atoms with van der Waals surface area (Å²) in [5, 5.41) is 8.50. The Morgan fingerprint density at radius 1 is 1.55 bits per heavy atom. The van der Waals surface area contributed by atoms with Crippen LogP contribution in [0.4, 0.5) is 0 Å². The summed E-state index contributed by atoms with van der Waals surface area (Å²) in [6.45, 7) is 2.16. The van der Waals surface area contributed by atoms with Crippen molar-refractivity contribution >= 4 is 5.97 Å². The van der Waals surface area contributed by atoms with Crippen molar-refractivity contribution in [3.8, 4) is 0 Å². The van der Waals surface area contributed by atoms with Crippen molar-refractivity contribution in [2.75, 3.05) is 0 Å². The Labute approximate surface area is 66.9 Å². The number of hydrogen-bond donors (Lipinski definition) is 1. The summed E-state index contributed by atoms with van der Waals surface area (Å²) < 4.78 is 0. The van der Waals surface area contributed by atoms with Gasteiger partial charge in [-0.05, 0) is 24.7 Å². The molecule has 0 amide bonds. The smallest absolute Gasteiger partial charge is 0.303 e. The van der Waals surface area contributed by atoms with Gasteiger partial charge in [0.25, 0.3) is 0 Å². The third-order valence-electron chi connectivity index (χ3n) is 2.14. The van der Waals surface area contributed by atoms with E-state index in [4.69, 9.17) is 5.11 Å². The molecule has 0 saturated carbocycles. The minimum Gasteiger partial charge on any atom is -0.481 e. The maximum Gasteiger partial charge on any atom is 0.303 e. The van der Waals surface area contributed by atoms with Gasteiger partial charge in [0.15, 0.2) is 0 Å². The highest BCUT2D eigenvalue weighted by molar-refractivity contribution is 5.67. The largest absolute Gasteiger partial charge is 0.481 e. The Hall–Kier alpha value is -0.790. The molecule has 2 nitrogen and oxygen atoms in total. The maximum atomic E-state index is 10.3. The number of carboxylic acid groups (broad SMARTS) is 1. The number of hydrogen-bond acceptors (Lipinski definition) is 1. The molecule has 0 aliphatic heterocycles. The van der Waals surface area contributed by atoms with Crippen LogP contribution in [-0.4, -0.2) is 11.1 Å². The van der Waals surface area contributed by atoms with E-state index in [0.717, 1.165) is 12.8 Å². The van der Waals surface area contributed by atoms with Gasteiger partial charge in [-0.2, -0.15) is 0 Å². The van der Waals surface area contributed by atoms with Crippen molar-refractivity contribution in [3.63, 3.8) is 0 Å². The van der Waals surface area contributed by atoms with Gasteiger partial charge in [-0.15, -0.1) is 0 Å². The number of allylic oxidation sites excluding steroid dienone is 2. The summed E-state index contributed by atoms with van der Waals surface area (Å²) in [6, 6.07) is 0. The molecule has 0 bridgehead atoms. The summed E-state index contributed by atoms with van der Waals surface area (Å²) in [6.07, 6.45) is 6.63. The molecular weight excluding hydrogens is 140 g/mol. The molecule has 1 rings (SSSR count). The number of carbonyl (C=O) groups is 1. The van der Waals surface area contributed by atoms with Gasteiger partial charge in [-0.25, -0.2) is 0 Å². The highest BCUT2D eigenvalue weighted by atomic mass is 16.4. The third-order valence-corrected chi connectivity index (χ3v) is 2.14. The zero-order chi connectivity index (χ0) is 8.27. The van der Waals surface area contributed by atoms with Crippen LogP contribution < -0.4 is 0 Å². The first-order chi connectivity index (χ1) is 5.18. The molecule has 0 aromatic heterocycles. The van der Waals surface area contributed by atoms with E-state index in [1.807, 2.05) is 6.08 Å². The standard InChI is InChI=1S/C9H14O2/c1-7-2-4-8(5-3-7)6-9(10)11/h2,4,7-8H,3,5-6H2,1H3,(H,10,11). The quantitative estimate of drug-likeness (QED) is 0.618. The predicted molar refractivity (Wildman–Crippen MR) is 43.3 cm³/mol. The Morgan fingerprint density at radius 2 is 2.27 bits per heavy atom. The predicted octanol–water partition coefficient (Wildman–Crippen LogP) is 2.06. The van der Waals surface area contributed by atoms with Crippen LogP contribution in [0, 0.1) is 11.8 Å². The van der Waals surface area contributed by atoms with Crippen LogP contribution >= 0.6 is 0 Å². The van der Waals surface area contributed by atoms with Crippen LogP contribution in [0.3, 0.4) is 0 Å². The zero-order valence-corrected chi connectivity index (χ0v) is 6.79. The van der Waals surface area contributed by atoms with Crippen molar-refractivity contribution in [2.24, 2.45) is 11.8 Å². The highest BCUT2D eigenvalue weighted by Crippen LogP contribution is 2.23. The molecule has 1 aliphatic rings. The number of carboxylic acids is 1. The fourth-order valence-corrected chi connectivity index (χ4v) is 1.41. The summed E-state index contributed by atoms with van der Waals surface area (Å²) in [7, 11) is 0. The van der Waals surface area contributed by atoms with Gasteiger partial charge in [0.1, 0.15) is 0 Å². The van der Waals surface area contributed by atoms with Gasteiger partial charge in [0.05, 0.1) is 6.42 Å². The molecule has 0 spiro atoms. The second-order valence-corrected chi connectivity index (χ2v) is 3.30. The molecule has 0 saturated heterocycles. The van der Waals surface area contributed by atoms with E-state index in [9.17, 15) is 4.79 Å². The lowest BCUT2D eigenvalue weighted by Crippen LogP contribution is -2.10. The molecule has 0 fully saturated rings.